The molecule has 1 fully saturated rings. The van der Waals surface area contributed by atoms with Gasteiger partial charge in [0.1, 0.15) is 10.3 Å². The van der Waals surface area contributed by atoms with Crippen molar-refractivity contribution in [3.63, 3.8) is 0 Å². The molecule has 0 amide bonds. The molecule has 2 aromatic heterocycles. The average Bonchev–Trinajstić information content (AvgIpc) is 2.71. The lowest BCUT2D eigenvalue weighted by atomic mass is 10.1. The number of aromatic nitrogens is 2. The van der Waals surface area contributed by atoms with Crippen LogP contribution in [0.4, 0.5) is 5.13 Å². The lowest BCUT2D eigenvalue weighted by Crippen LogP contribution is -2.35. The van der Waals surface area contributed by atoms with Crippen LogP contribution in [0.25, 0.3) is 10.3 Å². The van der Waals surface area contributed by atoms with Gasteiger partial charge >= 0.3 is 0 Å². The van der Waals surface area contributed by atoms with Crippen molar-refractivity contribution in [3.05, 3.63) is 17.8 Å². The van der Waals surface area contributed by atoms with Crippen molar-refractivity contribution in [1.29, 1.82) is 0 Å². The number of aryl methyl sites for hydroxylation is 1. The number of piperidine rings is 1. The fourth-order valence-corrected chi connectivity index (χ4v) is 3.07. The van der Waals surface area contributed by atoms with Crippen LogP contribution < -0.4 is 10.6 Å². The van der Waals surface area contributed by atoms with Gasteiger partial charge in [0.05, 0.1) is 0 Å². The van der Waals surface area contributed by atoms with Crippen LogP contribution >= 0.6 is 23.7 Å². The molecule has 6 heteroatoms. The molecule has 0 unspecified atom stereocenters. The SMILES string of the molecule is Cc1ccc2nc(NC3CCNCC3)sc2n1.Cl. The average molecular weight is 285 g/mol. The van der Waals surface area contributed by atoms with Gasteiger partial charge in [-0.25, -0.2) is 9.97 Å². The van der Waals surface area contributed by atoms with Gasteiger partial charge in [-0.3, -0.25) is 0 Å². The molecule has 1 aliphatic rings. The van der Waals surface area contributed by atoms with E-state index in [4.69, 9.17) is 0 Å². The maximum Gasteiger partial charge on any atom is 0.185 e. The van der Waals surface area contributed by atoms with Gasteiger partial charge in [-0.2, -0.15) is 0 Å². The third-order valence-electron chi connectivity index (χ3n) is 3.06. The maximum atomic E-state index is 4.57. The molecule has 0 spiro atoms. The number of nitrogens with zero attached hydrogens (tertiary/aromatic N) is 2. The summed E-state index contributed by atoms with van der Waals surface area (Å²) in [5.74, 6) is 0. The van der Waals surface area contributed by atoms with Crippen molar-refractivity contribution in [1.82, 2.24) is 15.3 Å². The number of halogens is 1. The molecule has 2 N–H and O–H groups in total. The van der Waals surface area contributed by atoms with E-state index in [-0.39, 0.29) is 12.4 Å². The highest BCUT2D eigenvalue weighted by atomic mass is 35.5. The van der Waals surface area contributed by atoms with Gasteiger partial charge in [-0.05, 0) is 45.0 Å². The van der Waals surface area contributed by atoms with Crippen LogP contribution in [-0.4, -0.2) is 29.1 Å². The zero-order chi connectivity index (χ0) is 11.7. The minimum absolute atomic E-state index is 0. The molecule has 18 heavy (non-hydrogen) atoms. The van der Waals surface area contributed by atoms with Crippen LogP contribution in [-0.2, 0) is 0 Å². The summed E-state index contributed by atoms with van der Waals surface area (Å²) in [6, 6.07) is 4.61. The van der Waals surface area contributed by atoms with E-state index in [2.05, 4.69) is 20.6 Å². The highest BCUT2D eigenvalue weighted by molar-refractivity contribution is 7.21. The third kappa shape index (κ3) is 2.91. The summed E-state index contributed by atoms with van der Waals surface area (Å²) in [5.41, 5.74) is 2.05. The van der Waals surface area contributed by atoms with Crippen molar-refractivity contribution >= 4 is 39.2 Å². The monoisotopic (exact) mass is 284 g/mol. The Hall–Kier alpha value is -0.910. The summed E-state index contributed by atoms with van der Waals surface area (Å²) >= 11 is 1.65. The molecule has 0 radical (unpaired) electrons. The molecule has 2 aromatic rings. The molecule has 0 saturated carbocycles. The van der Waals surface area contributed by atoms with Gasteiger partial charge < -0.3 is 10.6 Å². The van der Waals surface area contributed by atoms with Crippen molar-refractivity contribution in [3.8, 4) is 0 Å². The zero-order valence-electron chi connectivity index (χ0n) is 10.3. The molecule has 3 rings (SSSR count). The lowest BCUT2D eigenvalue weighted by Gasteiger charge is -2.23. The summed E-state index contributed by atoms with van der Waals surface area (Å²) in [7, 11) is 0. The second-order valence-corrected chi connectivity index (χ2v) is 5.44. The number of hydrogen-bond donors (Lipinski definition) is 2. The smallest absolute Gasteiger partial charge is 0.185 e. The van der Waals surface area contributed by atoms with Crippen LogP contribution in [0, 0.1) is 6.92 Å². The molecule has 1 aliphatic heterocycles. The first-order chi connectivity index (χ1) is 8.31. The Balaban J connectivity index is 0.00000120. The molecule has 1 saturated heterocycles. The van der Waals surface area contributed by atoms with E-state index in [9.17, 15) is 0 Å². The van der Waals surface area contributed by atoms with E-state index >= 15 is 0 Å². The molecular weight excluding hydrogens is 268 g/mol. The van der Waals surface area contributed by atoms with Crippen molar-refractivity contribution in [2.45, 2.75) is 25.8 Å². The van der Waals surface area contributed by atoms with Gasteiger partial charge in [0.25, 0.3) is 0 Å². The number of nitrogens with one attached hydrogen (secondary N) is 2. The van der Waals surface area contributed by atoms with Crippen LogP contribution in [0.5, 0.6) is 0 Å². The maximum absolute atomic E-state index is 4.57. The van der Waals surface area contributed by atoms with Gasteiger partial charge in [0, 0.05) is 11.7 Å². The summed E-state index contributed by atoms with van der Waals surface area (Å²) in [6.45, 7) is 4.21. The number of rotatable bonds is 2. The van der Waals surface area contributed by atoms with Crippen LogP contribution in [0.2, 0.25) is 0 Å². The predicted molar refractivity (Wildman–Crippen MR) is 78.9 cm³/mol. The number of fused-ring (bicyclic) bond motifs is 1. The molecule has 0 aromatic carbocycles. The topological polar surface area (TPSA) is 49.8 Å². The summed E-state index contributed by atoms with van der Waals surface area (Å²) in [5, 5.41) is 7.89. The minimum Gasteiger partial charge on any atom is -0.359 e. The summed E-state index contributed by atoms with van der Waals surface area (Å²) in [6.07, 6.45) is 2.34. The van der Waals surface area contributed by atoms with E-state index in [1.165, 1.54) is 12.8 Å². The highest BCUT2D eigenvalue weighted by Gasteiger charge is 2.14. The first kappa shape index (κ1) is 13.5. The fourth-order valence-electron chi connectivity index (χ4n) is 2.11. The Kier molecular flexibility index (Phi) is 4.37. The number of pyridine rings is 1. The van der Waals surface area contributed by atoms with Crippen LogP contribution in [0.1, 0.15) is 18.5 Å². The van der Waals surface area contributed by atoms with E-state index in [0.29, 0.717) is 6.04 Å². The highest BCUT2D eigenvalue weighted by Crippen LogP contribution is 2.25. The normalized spacial score (nSPS) is 16.5. The molecule has 0 bridgehead atoms. The number of hydrogen-bond acceptors (Lipinski definition) is 5. The molecule has 0 atom stereocenters. The zero-order valence-corrected chi connectivity index (χ0v) is 11.9. The van der Waals surface area contributed by atoms with E-state index in [1.807, 2.05) is 19.1 Å². The molecule has 0 aliphatic carbocycles. The summed E-state index contributed by atoms with van der Waals surface area (Å²) in [4.78, 5) is 10.1. The van der Waals surface area contributed by atoms with E-state index in [0.717, 1.165) is 34.3 Å². The van der Waals surface area contributed by atoms with Crippen LogP contribution in [0.15, 0.2) is 12.1 Å². The molecule has 3 heterocycles. The molecule has 4 nitrogen and oxygen atoms in total. The summed E-state index contributed by atoms with van der Waals surface area (Å²) < 4.78 is 0. The van der Waals surface area contributed by atoms with Gasteiger partial charge in [-0.15, -0.1) is 12.4 Å². The Labute approximate surface area is 117 Å². The van der Waals surface area contributed by atoms with Crippen molar-refractivity contribution in [2.24, 2.45) is 0 Å². The predicted octanol–water partition coefficient (Wildman–Crippen LogP) is 2.59. The first-order valence-corrected chi connectivity index (χ1v) is 6.84. The Morgan fingerprint density at radius 2 is 2.06 bits per heavy atom. The fraction of sp³-hybridized carbons (Fsp3) is 0.500. The molecule has 98 valence electrons. The quantitative estimate of drug-likeness (QED) is 0.890. The van der Waals surface area contributed by atoms with Gasteiger partial charge in [0.2, 0.25) is 0 Å². The standard InChI is InChI=1S/C12H16N4S.ClH/c1-8-2-3-10-11(14-8)17-12(16-10)15-9-4-6-13-7-5-9;/h2-3,9,13H,4-7H2,1H3,(H,15,16);1H. The van der Waals surface area contributed by atoms with Crippen molar-refractivity contribution < 1.29 is 0 Å². The Morgan fingerprint density at radius 3 is 2.83 bits per heavy atom. The number of anilines is 1. The lowest BCUT2D eigenvalue weighted by molar-refractivity contribution is 0.479. The van der Waals surface area contributed by atoms with E-state index in [1.54, 1.807) is 11.3 Å². The largest absolute Gasteiger partial charge is 0.359 e. The van der Waals surface area contributed by atoms with Gasteiger partial charge in [-0.1, -0.05) is 11.3 Å². The third-order valence-corrected chi connectivity index (χ3v) is 3.96. The second-order valence-electron chi connectivity index (χ2n) is 4.46. The van der Waals surface area contributed by atoms with Crippen LogP contribution in [0.3, 0.4) is 0 Å². The Morgan fingerprint density at radius 1 is 1.28 bits per heavy atom. The van der Waals surface area contributed by atoms with E-state index < -0.39 is 0 Å². The van der Waals surface area contributed by atoms with Gasteiger partial charge in [0.15, 0.2) is 5.13 Å². The number of thiazole rings is 1. The Bertz CT molecular complexity index is 522. The second kappa shape index (κ2) is 5.82. The molecular formula is C12H17ClN4S. The first-order valence-electron chi connectivity index (χ1n) is 6.03. The van der Waals surface area contributed by atoms with Crippen molar-refractivity contribution in [2.75, 3.05) is 18.4 Å². The minimum atomic E-state index is 0.